The largest absolute Gasteiger partial charge is 0.351 e. The van der Waals surface area contributed by atoms with Gasteiger partial charge in [-0.15, -0.1) is 0 Å². The maximum absolute atomic E-state index is 14.3. The molecular formula is C22H25FN2O2. The zero-order chi connectivity index (χ0) is 19.6. The summed E-state index contributed by atoms with van der Waals surface area (Å²) in [5.41, 5.74) is 1.48. The lowest BCUT2D eigenvalue weighted by molar-refractivity contribution is -0.119. The molecule has 0 aromatic heterocycles. The monoisotopic (exact) mass is 368 g/mol. The number of rotatable bonds is 4. The molecule has 3 rings (SSSR count). The van der Waals surface area contributed by atoms with Crippen LogP contribution in [0.2, 0.25) is 0 Å². The number of hydrogen-bond acceptors (Lipinski definition) is 2. The van der Waals surface area contributed by atoms with Gasteiger partial charge in [0.2, 0.25) is 5.91 Å². The molecule has 1 N–H and O–H groups in total. The third kappa shape index (κ3) is 4.02. The second-order valence-electron chi connectivity index (χ2n) is 7.45. The van der Waals surface area contributed by atoms with E-state index in [-0.39, 0.29) is 29.6 Å². The van der Waals surface area contributed by atoms with E-state index in [1.165, 1.54) is 13.0 Å². The highest BCUT2D eigenvalue weighted by Crippen LogP contribution is 2.30. The molecule has 0 unspecified atom stereocenters. The van der Waals surface area contributed by atoms with Crippen molar-refractivity contribution < 1.29 is 14.0 Å². The van der Waals surface area contributed by atoms with Gasteiger partial charge in [-0.25, -0.2) is 4.39 Å². The molecule has 1 aliphatic rings. The van der Waals surface area contributed by atoms with Crippen LogP contribution in [0.25, 0.3) is 11.1 Å². The Morgan fingerprint density at radius 1 is 1.04 bits per heavy atom. The van der Waals surface area contributed by atoms with Crippen molar-refractivity contribution in [1.29, 1.82) is 0 Å². The quantitative estimate of drug-likeness (QED) is 0.894. The lowest BCUT2D eigenvalue weighted by Crippen LogP contribution is -2.41. The average molecular weight is 368 g/mol. The summed E-state index contributed by atoms with van der Waals surface area (Å²) in [6.07, 6.45) is 0. The van der Waals surface area contributed by atoms with Crippen molar-refractivity contribution in [2.24, 2.45) is 11.8 Å². The summed E-state index contributed by atoms with van der Waals surface area (Å²) in [5, 5.41) is 2.97. The minimum atomic E-state index is -0.352. The predicted octanol–water partition coefficient (Wildman–Crippen LogP) is 3.73. The molecule has 0 bridgehead atoms. The SMILES string of the molecule is CC(=O)N[C@@H]1CN(C(=O)c2ccccc2-c2ccccc2F)C[C@H]1C(C)C. The zero-order valence-corrected chi connectivity index (χ0v) is 15.9. The van der Waals surface area contributed by atoms with Gasteiger partial charge in [-0.1, -0.05) is 50.2 Å². The molecule has 27 heavy (non-hydrogen) atoms. The first kappa shape index (κ1) is 19.1. The topological polar surface area (TPSA) is 49.4 Å². The molecule has 2 aromatic carbocycles. The summed E-state index contributed by atoms with van der Waals surface area (Å²) in [5.74, 6) is -0.0469. The minimum absolute atomic E-state index is 0.0629. The van der Waals surface area contributed by atoms with Gasteiger partial charge in [0.05, 0.1) is 6.04 Å². The molecule has 2 aromatic rings. The molecule has 0 radical (unpaired) electrons. The zero-order valence-electron chi connectivity index (χ0n) is 15.9. The summed E-state index contributed by atoms with van der Waals surface area (Å²) in [7, 11) is 0. The van der Waals surface area contributed by atoms with Gasteiger partial charge >= 0.3 is 0 Å². The first-order chi connectivity index (χ1) is 12.9. The van der Waals surface area contributed by atoms with E-state index in [0.717, 1.165) is 0 Å². The highest BCUT2D eigenvalue weighted by molar-refractivity contribution is 6.01. The Labute approximate surface area is 159 Å². The van der Waals surface area contributed by atoms with Crippen LogP contribution in [0.5, 0.6) is 0 Å². The third-order valence-corrected chi connectivity index (χ3v) is 5.22. The van der Waals surface area contributed by atoms with Gasteiger partial charge in [0.25, 0.3) is 5.91 Å². The number of halogens is 1. The summed E-state index contributed by atoms with van der Waals surface area (Å²) in [4.78, 5) is 26.5. The highest BCUT2D eigenvalue weighted by atomic mass is 19.1. The summed E-state index contributed by atoms with van der Waals surface area (Å²) < 4.78 is 14.3. The standard InChI is InChI=1S/C22H25FN2O2/c1-14(2)19-12-25(13-21(19)24-15(3)26)22(27)18-10-5-4-8-16(18)17-9-6-7-11-20(17)23/h4-11,14,19,21H,12-13H2,1-3H3,(H,24,26)/t19-,21+/m0/s1. The Morgan fingerprint density at radius 2 is 1.67 bits per heavy atom. The Balaban J connectivity index is 1.91. The molecule has 1 fully saturated rings. The van der Waals surface area contributed by atoms with Crippen molar-refractivity contribution in [3.63, 3.8) is 0 Å². The van der Waals surface area contributed by atoms with Crippen molar-refractivity contribution in [3.05, 3.63) is 59.9 Å². The fourth-order valence-electron chi connectivity index (χ4n) is 3.84. The second-order valence-corrected chi connectivity index (χ2v) is 7.45. The van der Waals surface area contributed by atoms with Gasteiger partial charge < -0.3 is 10.2 Å². The first-order valence-corrected chi connectivity index (χ1v) is 9.28. The number of amides is 2. The number of benzene rings is 2. The van der Waals surface area contributed by atoms with Crippen LogP contribution in [0.15, 0.2) is 48.5 Å². The maximum atomic E-state index is 14.3. The van der Waals surface area contributed by atoms with E-state index in [1.54, 1.807) is 47.4 Å². The van der Waals surface area contributed by atoms with Gasteiger partial charge in [-0.2, -0.15) is 0 Å². The van der Waals surface area contributed by atoms with E-state index in [0.29, 0.717) is 35.7 Å². The number of carbonyl (C=O) groups is 2. The molecule has 2 atom stereocenters. The number of hydrogen-bond donors (Lipinski definition) is 1. The summed E-state index contributed by atoms with van der Waals surface area (Å²) in [6.45, 7) is 6.73. The van der Waals surface area contributed by atoms with Crippen LogP contribution < -0.4 is 5.32 Å². The van der Waals surface area contributed by atoms with Crippen molar-refractivity contribution >= 4 is 11.8 Å². The van der Waals surface area contributed by atoms with E-state index in [4.69, 9.17) is 0 Å². The van der Waals surface area contributed by atoms with Crippen LogP contribution in [0.1, 0.15) is 31.1 Å². The molecule has 1 heterocycles. The molecular weight excluding hydrogens is 343 g/mol. The molecule has 0 spiro atoms. The highest BCUT2D eigenvalue weighted by Gasteiger charge is 2.38. The number of likely N-dealkylation sites (tertiary alicyclic amines) is 1. The fourth-order valence-corrected chi connectivity index (χ4v) is 3.84. The number of nitrogens with one attached hydrogen (secondary N) is 1. The maximum Gasteiger partial charge on any atom is 0.254 e. The van der Waals surface area contributed by atoms with Crippen molar-refractivity contribution in [3.8, 4) is 11.1 Å². The molecule has 0 aliphatic carbocycles. The van der Waals surface area contributed by atoms with Gasteiger partial charge in [0.1, 0.15) is 5.82 Å². The smallest absolute Gasteiger partial charge is 0.254 e. The molecule has 5 heteroatoms. The van der Waals surface area contributed by atoms with Crippen molar-refractivity contribution in [2.75, 3.05) is 13.1 Å². The van der Waals surface area contributed by atoms with Gasteiger partial charge in [-0.05, 0) is 23.6 Å². The van der Waals surface area contributed by atoms with Gasteiger partial charge in [-0.3, -0.25) is 9.59 Å². The number of carbonyl (C=O) groups excluding carboxylic acids is 2. The van der Waals surface area contributed by atoms with Crippen LogP contribution >= 0.6 is 0 Å². The normalized spacial score (nSPS) is 19.4. The van der Waals surface area contributed by atoms with Gasteiger partial charge in [0.15, 0.2) is 0 Å². The van der Waals surface area contributed by atoms with E-state index < -0.39 is 0 Å². The van der Waals surface area contributed by atoms with E-state index in [2.05, 4.69) is 19.2 Å². The Bertz CT molecular complexity index is 850. The van der Waals surface area contributed by atoms with Crippen molar-refractivity contribution in [2.45, 2.75) is 26.8 Å². The van der Waals surface area contributed by atoms with Crippen LogP contribution in [0.3, 0.4) is 0 Å². The number of nitrogens with zero attached hydrogens (tertiary/aromatic N) is 1. The minimum Gasteiger partial charge on any atom is -0.351 e. The Morgan fingerprint density at radius 3 is 2.30 bits per heavy atom. The molecule has 1 aliphatic heterocycles. The third-order valence-electron chi connectivity index (χ3n) is 5.22. The van der Waals surface area contributed by atoms with Gasteiger partial charge in [0, 0.05) is 37.1 Å². The molecule has 2 amide bonds. The predicted molar refractivity (Wildman–Crippen MR) is 104 cm³/mol. The van der Waals surface area contributed by atoms with E-state index in [1.807, 2.05) is 0 Å². The second kappa shape index (κ2) is 7.91. The van der Waals surface area contributed by atoms with Crippen LogP contribution in [0.4, 0.5) is 4.39 Å². The van der Waals surface area contributed by atoms with E-state index >= 15 is 0 Å². The lowest BCUT2D eigenvalue weighted by Gasteiger charge is -2.21. The molecule has 0 saturated carbocycles. The van der Waals surface area contributed by atoms with E-state index in [9.17, 15) is 14.0 Å². The van der Waals surface area contributed by atoms with Crippen LogP contribution in [0, 0.1) is 17.7 Å². The summed E-state index contributed by atoms with van der Waals surface area (Å²) >= 11 is 0. The lowest BCUT2D eigenvalue weighted by atomic mass is 9.91. The molecule has 142 valence electrons. The first-order valence-electron chi connectivity index (χ1n) is 9.28. The van der Waals surface area contributed by atoms with Crippen LogP contribution in [-0.2, 0) is 4.79 Å². The molecule has 4 nitrogen and oxygen atoms in total. The summed E-state index contributed by atoms with van der Waals surface area (Å²) in [6, 6.07) is 13.5. The average Bonchev–Trinajstić information content (AvgIpc) is 3.05. The van der Waals surface area contributed by atoms with Crippen molar-refractivity contribution in [1.82, 2.24) is 10.2 Å². The Kier molecular flexibility index (Phi) is 5.59. The Hall–Kier alpha value is -2.69. The molecule has 1 saturated heterocycles. The van der Waals surface area contributed by atoms with Crippen LogP contribution in [-0.4, -0.2) is 35.8 Å². The fraction of sp³-hybridized carbons (Fsp3) is 0.364.